The summed E-state index contributed by atoms with van der Waals surface area (Å²) in [6.45, 7) is 20.7. The lowest BCUT2D eigenvalue weighted by Gasteiger charge is -2.36. The van der Waals surface area contributed by atoms with E-state index in [1.807, 2.05) is 83.1 Å². The number of unbranched alkanes of at least 4 members (excludes halogenated alkanes) is 1. The van der Waals surface area contributed by atoms with Crippen molar-refractivity contribution in [1.82, 2.24) is 15.5 Å². The summed E-state index contributed by atoms with van der Waals surface area (Å²) in [5.74, 6) is -1.41. The van der Waals surface area contributed by atoms with Gasteiger partial charge in [-0.25, -0.2) is 9.59 Å². The molecule has 0 aromatic heterocycles. The molecule has 0 saturated heterocycles. The first kappa shape index (κ1) is 39.3. The summed E-state index contributed by atoms with van der Waals surface area (Å²) >= 11 is 0. The number of ether oxygens (including phenoxy) is 2. The molecule has 0 aliphatic heterocycles. The molecule has 2 aromatic carbocycles. The molecule has 2 aromatic rings. The van der Waals surface area contributed by atoms with E-state index in [0.29, 0.717) is 18.4 Å². The Labute approximate surface area is 282 Å². The van der Waals surface area contributed by atoms with E-state index in [4.69, 9.17) is 9.47 Å². The predicted octanol–water partition coefficient (Wildman–Crippen LogP) is 6.98. The molecule has 0 spiro atoms. The third kappa shape index (κ3) is 13.8. The molecule has 2 rings (SSSR count). The van der Waals surface area contributed by atoms with Gasteiger partial charge in [0.15, 0.2) is 0 Å². The zero-order chi connectivity index (χ0) is 35.5. The van der Waals surface area contributed by atoms with Crippen molar-refractivity contribution in [3.05, 3.63) is 70.8 Å². The molecule has 9 heteroatoms. The number of esters is 1. The number of aryl methyl sites for hydroxylation is 2. The van der Waals surface area contributed by atoms with Crippen molar-refractivity contribution in [2.24, 2.45) is 5.92 Å². The zero-order valence-electron chi connectivity index (χ0n) is 30.4. The van der Waals surface area contributed by atoms with Crippen molar-refractivity contribution in [2.75, 3.05) is 6.54 Å². The lowest BCUT2D eigenvalue weighted by Crippen LogP contribution is -2.55. The van der Waals surface area contributed by atoms with Crippen molar-refractivity contribution < 1.29 is 28.7 Å². The van der Waals surface area contributed by atoms with Gasteiger partial charge in [0.1, 0.15) is 29.3 Å². The van der Waals surface area contributed by atoms with E-state index >= 15 is 0 Å². The number of nitrogens with one attached hydrogen (secondary N) is 2. The molecule has 9 nitrogen and oxygen atoms in total. The first-order valence-corrected chi connectivity index (χ1v) is 16.7. The average Bonchev–Trinajstić information content (AvgIpc) is 2.92. The van der Waals surface area contributed by atoms with Gasteiger partial charge in [0.2, 0.25) is 11.8 Å². The van der Waals surface area contributed by atoms with E-state index in [9.17, 15) is 19.2 Å². The third-order valence-electron chi connectivity index (χ3n) is 7.14. The van der Waals surface area contributed by atoms with E-state index in [1.165, 1.54) is 0 Å². The molecule has 0 aliphatic carbocycles. The van der Waals surface area contributed by atoms with Crippen molar-refractivity contribution in [1.29, 1.82) is 0 Å². The van der Waals surface area contributed by atoms with E-state index in [0.717, 1.165) is 23.1 Å². The number of nitrogens with zero attached hydrogens (tertiary/aromatic N) is 1. The number of carbonyl (C=O) groups excluding carboxylic acids is 4. The number of rotatable bonds is 14. The molecule has 3 atom stereocenters. The molecule has 47 heavy (non-hydrogen) atoms. The smallest absolute Gasteiger partial charge is 0.408 e. The van der Waals surface area contributed by atoms with Gasteiger partial charge in [-0.1, -0.05) is 86.8 Å². The highest BCUT2D eigenvalue weighted by Gasteiger charge is 2.38. The standard InChI is InChI=1S/C38H57N3O6/c1-12-13-19-41(34(43)30(20-25(2)3)40-36(45)47-38(9,10)11)32(29-22-26(4)21-27(5)23-29)33(42)39-31(35(44)46-37(6,7)8)24-28-17-15-14-16-18-28/h14-18,21-23,25,30-32H,12-13,19-20,24H2,1-11H3,(H,39,42)(H,40,45). The maximum atomic E-state index is 14.6. The van der Waals surface area contributed by atoms with Crippen LogP contribution in [-0.2, 0) is 30.3 Å². The third-order valence-corrected chi connectivity index (χ3v) is 7.14. The topological polar surface area (TPSA) is 114 Å². The van der Waals surface area contributed by atoms with Gasteiger partial charge in [-0.15, -0.1) is 0 Å². The summed E-state index contributed by atoms with van der Waals surface area (Å²) in [5.41, 5.74) is 1.80. The minimum Gasteiger partial charge on any atom is -0.458 e. The van der Waals surface area contributed by atoms with E-state index in [2.05, 4.69) is 10.6 Å². The van der Waals surface area contributed by atoms with Crippen molar-refractivity contribution >= 4 is 23.9 Å². The highest BCUT2D eigenvalue weighted by Crippen LogP contribution is 2.27. The molecule has 2 N–H and O–H groups in total. The van der Waals surface area contributed by atoms with Gasteiger partial charge in [0, 0.05) is 13.0 Å². The number of alkyl carbamates (subject to hydrolysis) is 1. The SMILES string of the molecule is CCCCN(C(=O)C(CC(C)C)NC(=O)OC(C)(C)C)C(C(=O)NC(Cc1ccccc1)C(=O)OC(C)(C)C)c1cc(C)cc(C)c1. The van der Waals surface area contributed by atoms with Crippen LogP contribution in [0.25, 0.3) is 0 Å². The van der Waals surface area contributed by atoms with Crippen LogP contribution in [0.1, 0.15) is 110 Å². The monoisotopic (exact) mass is 651 g/mol. The normalized spacial score (nSPS) is 13.7. The highest BCUT2D eigenvalue weighted by atomic mass is 16.6. The van der Waals surface area contributed by atoms with Crippen LogP contribution in [0.15, 0.2) is 48.5 Å². The number of hydrogen-bond acceptors (Lipinski definition) is 6. The van der Waals surface area contributed by atoms with Crippen molar-refractivity contribution in [3.8, 4) is 0 Å². The van der Waals surface area contributed by atoms with Gasteiger partial charge in [0.05, 0.1) is 0 Å². The van der Waals surface area contributed by atoms with Crippen LogP contribution in [0.5, 0.6) is 0 Å². The molecule has 0 fully saturated rings. The maximum absolute atomic E-state index is 14.6. The van der Waals surface area contributed by atoms with Gasteiger partial charge in [-0.05, 0) is 85.3 Å². The summed E-state index contributed by atoms with van der Waals surface area (Å²) in [4.78, 5) is 57.1. The Bertz CT molecular complexity index is 1320. The Kier molecular flexibility index (Phi) is 14.5. The molecule has 260 valence electrons. The number of benzene rings is 2. The number of amides is 3. The molecule has 3 amide bonds. The quantitative estimate of drug-likeness (QED) is 0.213. The molecular formula is C38H57N3O6. The highest BCUT2D eigenvalue weighted by molar-refractivity contribution is 5.94. The predicted molar refractivity (Wildman–Crippen MR) is 186 cm³/mol. The summed E-state index contributed by atoms with van der Waals surface area (Å²) in [7, 11) is 0. The van der Waals surface area contributed by atoms with Gasteiger partial charge >= 0.3 is 12.1 Å². The average molecular weight is 652 g/mol. The fourth-order valence-corrected chi connectivity index (χ4v) is 5.35. The van der Waals surface area contributed by atoms with Crippen LogP contribution in [0.3, 0.4) is 0 Å². The van der Waals surface area contributed by atoms with Gasteiger partial charge in [-0.2, -0.15) is 0 Å². The van der Waals surface area contributed by atoms with Crippen LogP contribution in [0, 0.1) is 19.8 Å². The van der Waals surface area contributed by atoms with Crippen molar-refractivity contribution in [2.45, 2.75) is 131 Å². The Hall–Kier alpha value is -3.88. The van der Waals surface area contributed by atoms with Crippen LogP contribution in [0.2, 0.25) is 0 Å². The second-order valence-electron chi connectivity index (χ2n) is 14.8. The minimum absolute atomic E-state index is 0.0582. The second kappa shape index (κ2) is 17.3. The van der Waals surface area contributed by atoms with Gasteiger partial charge < -0.3 is 25.0 Å². The fraction of sp³-hybridized carbons (Fsp3) is 0.579. The van der Waals surface area contributed by atoms with Crippen LogP contribution < -0.4 is 10.6 Å². The number of carbonyl (C=O) groups is 4. The largest absolute Gasteiger partial charge is 0.458 e. The Morgan fingerprint density at radius 1 is 0.809 bits per heavy atom. The second-order valence-corrected chi connectivity index (χ2v) is 14.8. The van der Waals surface area contributed by atoms with E-state index < -0.39 is 53.2 Å². The molecule has 0 aliphatic rings. The Morgan fingerprint density at radius 3 is 1.89 bits per heavy atom. The molecule has 0 radical (unpaired) electrons. The van der Waals surface area contributed by atoms with Crippen LogP contribution in [0.4, 0.5) is 4.79 Å². The van der Waals surface area contributed by atoms with Gasteiger partial charge in [-0.3, -0.25) is 9.59 Å². The Morgan fingerprint density at radius 2 is 1.38 bits per heavy atom. The van der Waals surface area contributed by atoms with Gasteiger partial charge in [0.25, 0.3) is 0 Å². The van der Waals surface area contributed by atoms with Crippen LogP contribution in [-0.4, -0.2) is 58.6 Å². The number of hydrogen-bond donors (Lipinski definition) is 2. The Balaban J connectivity index is 2.65. The lowest BCUT2D eigenvalue weighted by molar-refractivity contribution is -0.159. The molecular weight excluding hydrogens is 594 g/mol. The molecule has 0 saturated carbocycles. The summed E-state index contributed by atoms with van der Waals surface area (Å²) < 4.78 is 11.2. The molecule has 3 unspecified atom stereocenters. The van der Waals surface area contributed by atoms with Crippen molar-refractivity contribution in [3.63, 3.8) is 0 Å². The van der Waals surface area contributed by atoms with Crippen LogP contribution >= 0.6 is 0 Å². The lowest BCUT2D eigenvalue weighted by atomic mass is 9.96. The zero-order valence-corrected chi connectivity index (χ0v) is 30.4. The van der Waals surface area contributed by atoms with E-state index in [-0.39, 0.29) is 18.9 Å². The fourth-order valence-electron chi connectivity index (χ4n) is 5.35. The maximum Gasteiger partial charge on any atom is 0.408 e. The first-order chi connectivity index (χ1) is 21.8. The molecule has 0 heterocycles. The summed E-state index contributed by atoms with van der Waals surface area (Å²) in [6, 6.07) is 12.2. The first-order valence-electron chi connectivity index (χ1n) is 16.7. The summed E-state index contributed by atoms with van der Waals surface area (Å²) in [5, 5.41) is 5.76. The summed E-state index contributed by atoms with van der Waals surface area (Å²) in [6.07, 6.45) is 1.25. The molecule has 0 bridgehead atoms. The van der Waals surface area contributed by atoms with E-state index in [1.54, 1.807) is 46.4 Å². The minimum atomic E-state index is -1.08.